The largest absolute Gasteiger partial charge is 0.463 e. The van der Waals surface area contributed by atoms with Crippen LogP contribution in [0.1, 0.15) is 46.5 Å². The first-order valence-corrected chi connectivity index (χ1v) is 13.6. The van der Waals surface area contributed by atoms with Gasteiger partial charge < -0.3 is 33.5 Å². The van der Waals surface area contributed by atoms with Crippen molar-refractivity contribution in [3.05, 3.63) is 36.0 Å². The number of epoxide rings is 1. The Morgan fingerprint density at radius 1 is 1.18 bits per heavy atom. The highest BCUT2D eigenvalue weighted by atomic mass is 16.6. The van der Waals surface area contributed by atoms with Crippen LogP contribution in [0.2, 0.25) is 0 Å². The molecule has 0 aromatic heterocycles. The van der Waals surface area contributed by atoms with Crippen LogP contribution in [0.3, 0.4) is 0 Å². The predicted molar refractivity (Wildman–Crippen MR) is 136 cm³/mol. The van der Waals surface area contributed by atoms with Crippen molar-refractivity contribution < 1.29 is 43.1 Å². The summed E-state index contributed by atoms with van der Waals surface area (Å²) in [5.41, 5.74) is -0.707. The number of allylic oxidation sites excluding steroid dienone is 3. The van der Waals surface area contributed by atoms with Crippen LogP contribution in [0.25, 0.3) is 0 Å². The van der Waals surface area contributed by atoms with E-state index in [1.165, 1.54) is 11.6 Å². The average Bonchev–Trinajstić information content (AvgIpc) is 3.67. The van der Waals surface area contributed by atoms with Crippen LogP contribution in [0, 0.1) is 16.7 Å². The van der Waals surface area contributed by atoms with Crippen LogP contribution >= 0.6 is 0 Å². The number of aliphatic hydroxyl groups excluding tert-OH is 1. The van der Waals surface area contributed by atoms with Gasteiger partial charge in [-0.15, -0.1) is 0 Å². The summed E-state index contributed by atoms with van der Waals surface area (Å²) in [7, 11) is 1.58. The van der Waals surface area contributed by atoms with Gasteiger partial charge >= 0.3 is 11.9 Å². The third-order valence-electron chi connectivity index (χ3n) is 9.63. The molecule has 2 spiro atoms. The van der Waals surface area contributed by atoms with Crippen molar-refractivity contribution in [2.24, 2.45) is 16.7 Å². The van der Waals surface area contributed by atoms with Crippen LogP contribution in [0.15, 0.2) is 36.0 Å². The molecule has 4 unspecified atom stereocenters. The summed E-state index contributed by atoms with van der Waals surface area (Å²) in [4.78, 5) is 26.1. The lowest BCUT2D eigenvalue weighted by molar-refractivity contribution is -0.234. The van der Waals surface area contributed by atoms with E-state index in [0.29, 0.717) is 39.1 Å². The smallest absolute Gasteiger partial charge is 0.335 e. The van der Waals surface area contributed by atoms with E-state index in [2.05, 4.69) is 19.9 Å². The zero-order valence-corrected chi connectivity index (χ0v) is 22.7. The van der Waals surface area contributed by atoms with Crippen LogP contribution in [-0.4, -0.2) is 86.7 Å². The van der Waals surface area contributed by atoms with E-state index in [1.54, 1.807) is 32.3 Å². The highest BCUT2D eigenvalue weighted by Crippen LogP contribution is 2.72. The van der Waals surface area contributed by atoms with Crippen LogP contribution < -0.4 is 0 Å². The molecule has 0 amide bonds. The second-order valence-electron chi connectivity index (χ2n) is 11.7. The fourth-order valence-electron chi connectivity index (χ4n) is 7.04. The van der Waals surface area contributed by atoms with E-state index in [-0.39, 0.29) is 30.8 Å². The molecule has 38 heavy (non-hydrogen) atoms. The van der Waals surface area contributed by atoms with E-state index in [1.807, 2.05) is 0 Å². The molecule has 0 aromatic rings. The first kappa shape index (κ1) is 27.5. The van der Waals surface area contributed by atoms with Crippen LogP contribution in [-0.2, 0) is 38.0 Å². The lowest BCUT2D eigenvalue weighted by Gasteiger charge is -2.58. The average molecular weight is 533 g/mol. The highest BCUT2D eigenvalue weighted by molar-refractivity contribution is 5.82. The molecule has 0 radical (unpaired) electrons. The number of hydrogen-bond acceptors (Lipinski definition) is 9. The van der Waals surface area contributed by atoms with Crippen molar-refractivity contribution in [3.8, 4) is 0 Å². The summed E-state index contributed by atoms with van der Waals surface area (Å²) in [6.45, 7) is 7.18. The van der Waals surface area contributed by atoms with E-state index in [9.17, 15) is 14.7 Å². The molecule has 2 saturated heterocycles. The fraction of sp³-hybridized carbons (Fsp3) is 0.724. The molecule has 5 rings (SSSR count). The molecule has 2 aliphatic carbocycles. The molecule has 9 heteroatoms. The summed E-state index contributed by atoms with van der Waals surface area (Å²) in [5.74, 6) is -1.49. The third-order valence-corrected chi connectivity index (χ3v) is 9.63. The Morgan fingerprint density at radius 3 is 2.71 bits per heavy atom. The number of aliphatic hydroxyl groups is 1. The Kier molecular flexibility index (Phi) is 7.61. The summed E-state index contributed by atoms with van der Waals surface area (Å²) in [6.07, 6.45) is 8.50. The Balaban J connectivity index is 1.49. The summed E-state index contributed by atoms with van der Waals surface area (Å²) >= 11 is 0. The van der Waals surface area contributed by atoms with Gasteiger partial charge in [0.1, 0.15) is 18.3 Å². The SMILES string of the molecule is COCC1/C=C/C=C\C(=O)O[C@H]2C[C@H]3OC4C=C(C)CC[C@]4(COC(=O)[C@H](O)C(C)CCO1)[C@]2(C)C31CO1. The molecule has 9 nitrogen and oxygen atoms in total. The Bertz CT molecular complexity index is 1010. The molecule has 3 aliphatic heterocycles. The van der Waals surface area contributed by atoms with Gasteiger partial charge in [0.15, 0.2) is 6.10 Å². The monoisotopic (exact) mass is 532 g/mol. The van der Waals surface area contributed by atoms with Gasteiger partial charge in [0.05, 0.1) is 36.9 Å². The van der Waals surface area contributed by atoms with Crippen molar-refractivity contribution in [1.29, 1.82) is 0 Å². The highest BCUT2D eigenvalue weighted by Gasteiger charge is 2.83. The zero-order chi connectivity index (χ0) is 27.1. The molecule has 3 heterocycles. The van der Waals surface area contributed by atoms with Gasteiger partial charge in [-0.1, -0.05) is 43.7 Å². The minimum Gasteiger partial charge on any atom is -0.463 e. The summed E-state index contributed by atoms with van der Waals surface area (Å²) in [6, 6.07) is 0. The van der Waals surface area contributed by atoms with Crippen molar-refractivity contribution in [3.63, 3.8) is 0 Å². The van der Waals surface area contributed by atoms with Gasteiger partial charge in [0.25, 0.3) is 0 Å². The normalized spacial score (nSPS) is 47.1. The molecular weight excluding hydrogens is 492 g/mol. The van der Waals surface area contributed by atoms with Gasteiger partial charge in [-0.3, -0.25) is 0 Å². The number of esters is 2. The maximum Gasteiger partial charge on any atom is 0.335 e. The van der Waals surface area contributed by atoms with E-state index >= 15 is 0 Å². The van der Waals surface area contributed by atoms with Crippen molar-refractivity contribution >= 4 is 11.9 Å². The van der Waals surface area contributed by atoms with E-state index in [4.69, 9.17) is 28.4 Å². The molecule has 1 N–H and O–H groups in total. The lowest BCUT2D eigenvalue weighted by atomic mass is 9.51. The van der Waals surface area contributed by atoms with E-state index < -0.39 is 40.6 Å². The second-order valence-corrected chi connectivity index (χ2v) is 11.7. The Morgan fingerprint density at radius 2 is 1.97 bits per heavy atom. The molecule has 2 bridgehead atoms. The number of carbonyl (C=O) groups excluding carboxylic acids is 2. The molecule has 0 aromatic carbocycles. The topological polar surface area (TPSA) is 113 Å². The molecule has 3 fully saturated rings. The van der Waals surface area contributed by atoms with Crippen LogP contribution in [0.5, 0.6) is 0 Å². The first-order chi connectivity index (χ1) is 18.2. The number of cyclic esters (lactones) is 1. The summed E-state index contributed by atoms with van der Waals surface area (Å²) < 4.78 is 35.8. The first-order valence-electron chi connectivity index (χ1n) is 13.6. The van der Waals surface area contributed by atoms with Crippen molar-refractivity contribution in [1.82, 2.24) is 0 Å². The number of methoxy groups -OCH3 is 1. The van der Waals surface area contributed by atoms with Crippen molar-refractivity contribution in [2.45, 2.75) is 82.6 Å². The minimum absolute atomic E-state index is 0.0391. The number of ether oxygens (including phenoxy) is 6. The van der Waals surface area contributed by atoms with Gasteiger partial charge in [0, 0.05) is 31.6 Å². The number of carbonyl (C=O) groups is 2. The zero-order valence-electron chi connectivity index (χ0n) is 22.7. The van der Waals surface area contributed by atoms with Gasteiger partial charge in [-0.2, -0.15) is 0 Å². The molecule has 210 valence electrons. The fourth-order valence-corrected chi connectivity index (χ4v) is 7.04. The predicted octanol–water partition coefficient (Wildman–Crippen LogP) is 2.66. The Hall–Kier alpha value is -2.04. The molecule has 1 saturated carbocycles. The van der Waals surface area contributed by atoms with Gasteiger partial charge in [-0.05, 0) is 32.1 Å². The standard InChI is InChI=1S/C29H40O9/c1-18-9-11-28-16-35-26(32)25(31)19(2)10-12-34-20(15-33-4)7-5-6-8-24(30)38-21-14-23(37-22(28)13-18)29(17-36-29)27(21,28)3/h5-8,13,19-23,25,31H,9-12,14-17H2,1-4H3/b7-5+,8-6-/t19?,20?,21-,22?,23+,25+,27+,28+,29?/m0/s1. The van der Waals surface area contributed by atoms with Crippen LogP contribution in [0.4, 0.5) is 0 Å². The van der Waals surface area contributed by atoms with E-state index in [0.717, 1.165) is 6.42 Å². The van der Waals surface area contributed by atoms with Crippen molar-refractivity contribution in [2.75, 3.05) is 33.5 Å². The molecule has 5 aliphatic rings. The quantitative estimate of drug-likeness (QED) is 0.326. The Labute approximate surface area is 224 Å². The second kappa shape index (κ2) is 10.5. The molecule has 9 atom stereocenters. The number of hydrogen-bond donors (Lipinski definition) is 1. The minimum atomic E-state index is -1.29. The maximum absolute atomic E-state index is 13.1. The van der Waals surface area contributed by atoms with Gasteiger partial charge in [0.2, 0.25) is 0 Å². The summed E-state index contributed by atoms with van der Waals surface area (Å²) in [5, 5.41) is 10.8. The molecular formula is C29H40O9. The number of rotatable bonds is 2. The lowest BCUT2D eigenvalue weighted by Crippen LogP contribution is -2.66. The maximum atomic E-state index is 13.1. The van der Waals surface area contributed by atoms with Gasteiger partial charge in [-0.25, -0.2) is 9.59 Å². The third kappa shape index (κ3) is 4.46.